The smallest absolute Gasteiger partial charge is 0.306 e. The fourth-order valence-electron chi connectivity index (χ4n) is 4.56. The summed E-state index contributed by atoms with van der Waals surface area (Å²) in [5.41, 5.74) is 0. The Morgan fingerprint density at radius 3 is 1.76 bits per heavy atom. The Kier molecular flexibility index (Phi) is 31.6. The lowest BCUT2D eigenvalue weighted by molar-refractivity contribution is -0.870. The Hall–Kier alpha value is -2.55. The van der Waals surface area contributed by atoms with Gasteiger partial charge in [-0.2, -0.15) is 0 Å². The monoisotopic (exact) mass is 735 g/mol. The van der Waals surface area contributed by atoms with Crippen LogP contribution in [-0.2, 0) is 32.7 Å². The van der Waals surface area contributed by atoms with Crippen molar-refractivity contribution < 1.29 is 42.1 Å². The number of quaternary nitrogens is 1. The van der Waals surface area contributed by atoms with Crippen LogP contribution in [0.1, 0.15) is 123 Å². The predicted octanol–water partition coefficient (Wildman–Crippen LogP) is 9.66. The van der Waals surface area contributed by atoms with E-state index in [1.807, 2.05) is 75.8 Å². The number of esters is 2. The summed E-state index contributed by atoms with van der Waals surface area (Å²) >= 11 is 0. The number of unbranched alkanes of at least 4 members (excludes halogenated alkanes) is 11. The molecule has 0 aliphatic carbocycles. The standard InChI is InChI=1S/C41H70NO8P/c1-6-8-10-12-14-16-18-20-22-23-25-27-29-31-33-40(43)47-37-39(38-49-51(45,46)48-36-35-42(3,4)5)50-41(44)34-32-30-28-26-24-21-19-17-15-13-11-9-7-2/h9,11,13,15,17,19,21-24,26,28,39H,6-8,10,12,14,16,18,20,25,27,29-38H2,1-5H3/b11-9+,15-13+,19-17+,23-22+,24-21+,28-26+. The predicted molar refractivity (Wildman–Crippen MR) is 208 cm³/mol. The minimum atomic E-state index is -4.64. The van der Waals surface area contributed by atoms with E-state index in [9.17, 15) is 19.0 Å². The minimum absolute atomic E-state index is 0.0502. The van der Waals surface area contributed by atoms with Gasteiger partial charge in [0.2, 0.25) is 0 Å². The van der Waals surface area contributed by atoms with Gasteiger partial charge in [0.25, 0.3) is 7.82 Å². The molecule has 0 bridgehead atoms. The number of hydrogen-bond donors (Lipinski definition) is 0. The van der Waals surface area contributed by atoms with Gasteiger partial charge >= 0.3 is 11.9 Å². The van der Waals surface area contributed by atoms with E-state index in [0.717, 1.165) is 32.1 Å². The number of ether oxygens (including phenoxy) is 2. The molecule has 0 fully saturated rings. The van der Waals surface area contributed by atoms with Crippen LogP contribution < -0.4 is 4.89 Å². The highest BCUT2D eigenvalue weighted by Gasteiger charge is 2.21. The molecule has 0 heterocycles. The summed E-state index contributed by atoms with van der Waals surface area (Å²) in [6, 6.07) is 0. The van der Waals surface area contributed by atoms with Crippen LogP contribution in [-0.4, -0.2) is 70.0 Å². The SMILES string of the molecule is CC/C=C/C=C/C=C/C=C/C=C/CCCC(=O)OC(COC(=O)CCCCC/C=C/CCCCCCCCC)COP(=O)([O-])OCC[N+](C)(C)C. The highest BCUT2D eigenvalue weighted by atomic mass is 31.2. The molecule has 2 unspecified atom stereocenters. The molecule has 0 radical (unpaired) electrons. The minimum Gasteiger partial charge on any atom is -0.756 e. The Morgan fingerprint density at radius 2 is 1.16 bits per heavy atom. The van der Waals surface area contributed by atoms with Gasteiger partial charge in [-0.15, -0.1) is 0 Å². The average Bonchev–Trinajstić information content (AvgIpc) is 3.07. The number of carbonyl (C=O) groups excluding carboxylic acids is 2. The van der Waals surface area contributed by atoms with Crippen molar-refractivity contribution in [1.29, 1.82) is 0 Å². The summed E-state index contributed by atoms with van der Waals surface area (Å²) < 4.78 is 33.6. The first-order valence-corrected chi connectivity index (χ1v) is 20.7. The van der Waals surface area contributed by atoms with Gasteiger partial charge in [0.15, 0.2) is 6.10 Å². The van der Waals surface area contributed by atoms with E-state index in [1.54, 1.807) is 0 Å². The van der Waals surface area contributed by atoms with Gasteiger partial charge in [-0.1, -0.05) is 132 Å². The maximum atomic E-state index is 12.6. The van der Waals surface area contributed by atoms with Gasteiger partial charge in [-0.05, 0) is 51.4 Å². The molecule has 292 valence electrons. The normalized spacial score (nSPS) is 14.5. The van der Waals surface area contributed by atoms with Crippen LogP contribution in [0.3, 0.4) is 0 Å². The molecule has 0 aromatic heterocycles. The van der Waals surface area contributed by atoms with Gasteiger partial charge in [0.1, 0.15) is 19.8 Å². The molecule has 0 aliphatic rings. The van der Waals surface area contributed by atoms with E-state index in [4.69, 9.17) is 18.5 Å². The number of nitrogens with zero attached hydrogens (tertiary/aromatic N) is 1. The van der Waals surface area contributed by atoms with Gasteiger partial charge in [-0.3, -0.25) is 14.2 Å². The van der Waals surface area contributed by atoms with E-state index in [2.05, 4.69) is 32.1 Å². The highest BCUT2D eigenvalue weighted by molar-refractivity contribution is 7.45. The van der Waals surface area contributed by atoms with E-state index < -0.39 is 32.5 Å². The van der Waals surface area contributed by atoms with E-state index >= 15 is 0 Å². The topological polar surface area (TPSA) is 111 Å². The second-order valence-electron chi connectivity index (χ2n) is 13.7. The van der Waals surface area contributed by atoms with Crippen molar-refractivity contribution in [3.05, 3.63) is 72.9 Å². The third-order valence-corrected chi connectivity index (χ3v) is 8.55. The first kappa shape index (κ1) is 48.5. The molecule has 0 amide bonds. The van der Waals surface area contributed by atoms with E-state index in [-0.39, 0.29) is 26.1 Å². The number of allylic oxidation sites excluding steroid dienone is 12. The van der Waals surface area contributed by atoms with Crippen molar-refractivity contribution in [2.24, 2.45) is 0 Å². The van der Waals surface area contributed by atoms with Crippen LogP contribution in [0, 0.1) is 0 Å². The number of carbonyl (C=O) groups is 2. The second-order valence-corrected chi connectivity index (χ2v) is 15.1. The maximum absolute atomic E-state index is 12.6. The Balaban J connectivity index is 4.60. The van der Waals surface area contributed by atoms with Crippen molar-refractivity contribution >= 4 is 19.8 Å². The molecule has 0 rings (SSSR count). The largest absolute Gasteiger partial charge is 0.756 e. The molecule has 0 aliphatic heterocycles. The quantitative estimate of drug-likeness (QED) is 0.0164. The van der Waals surface area contributed by atoms with E-state index in [1.165, 1.54) is 44.9 Å². The van der Waals surface area contributed by atoms with Gasteiger partial charge < -0.3 is 27.9 Å². The zero-order chi connectivity index (χ0) is 37.9. The Bertz CT molecular complexity index is 1100. The second kappa shape index (κ2) is 33.3. The molecule has 51 heavy (non-hydrogen) atoms. The van der Waals surface area contributed by atoms with Crippen molar-refractivity contribution in [3.8, 4) is 0 Å². The molecule has 9 nitrogen and oxygen atoms in total. The van der Waals surface area contributed by atoms with Crippen LogP contribution in [0.5, 0.6) is 0 Å². The highest BCUT2D eigenvalue weighted by Crippen LogP contribution is 2.38. The van der Waals surface area contributed by atoms with Crippen molar-refractivity contribution in [2.75, 3.05) is 47.5 Å². The van der Waals surface area contributed by atoms with Gasteiger partial charge in [0, 0.05) is 12.8 Å². The molecule has 0 saturated carbocycles. The van der Waals surface area contributed by atoms with Crippen LogP contribution in [0.2, 0.25) is 0 Å². The Labute approximate surface area is 310 Å². The van der Waals surface area contributed by atoms with Gasteiger partial charge in [0.05, 0.1) is 27.7 Å². The van der Waals surface area contributed by atoms with Gasteiger partial charge in [-0.25, -0.2) is 0 Å². The molecule has 10 heteroatoms. The molecule has 0 spiro atoms. The van der Waals surface area contributed by atoms with Crippen LogP contribution in [0.15, 0.2) is 72.9 Å². The summed E-state index contributed by atoms with van der Waals surface area (Å²) in [5, 5.41) is 0. The lowest BCUT2D eigenvalue weighted by Gasteiger charge is -2.28. The van der Waals surface area contributed by atoms with Crippen LogP contribution in [0.25, 0.3) is 0 Å². The molecular formula is C41H70NO8P. The first-order chi connectivity index (χ1) is 24.5. The molecule has 0 saturated heterocycles. The molecule has 0 aromatic carbocycles. The molecule has 2 atom stereocenters. The third-order valence-electron chi connectivity index (χ3n) is 7.59. The average molecular weight is 736 g/mol. The summed E-state index contributed by atoms with van der Waals surface area (Å²) in [5.74, 6) is -0.949. The molecular weight excluding hydrogens is 665 g/mol. The molecule has 0 N–H and O–H groups in total. The summed E-state index contributed by atoms with van der Waals surface area (Å²) in [7, 11) is 1.10. The number of phosphoric ester groups is 1. The summed E-state index contributed by atoms with van der Waals surface area (Å²) in [6.45, 7) is 3.93. The Morgan fingerprint density at radius 1 is 0.627 bits per heavy atom. The van der Waals surface area contributed by atoms with Crippen molar-refractivity contribution in [3.63, 3.8) is 0 Å². The lowest BCUT2D eigenvalue weighted by atomic mass is 10.1. The summed E-state index contributed by atoms with van der Waals surface area (Å²) in [6.07, 6.45) is 39.5. The zero-order valence-electron chi connectivity index (χ0n) is 32.5. The fourth-order valence-corrected chi connectivity index (χ4v) is 5.29. The van der Waals surface area contributed by atoms with E-state index in [0.29, 0.717) is 30.3 Å². The molecule has 0 aromatic rings. The maximum Gasteiger partial charge on any atom is 0.306 e. The fraction of sp³-hybridized carbons (Fsp3) is 0.659. The zero-order valence-corrected chi connectivity index (χ0v) is 33.4. The lowest BCUT2D eigenvalue weighted by Crippen LogP contribution is -2.37. The number of rotatable bonds is 33. The number of likely N-dealkylation sites (N-methyl/N-ethyl adjacent to an activating group) is 1. The van der Waals surface area contributed by atoms with Crippen molar-refractivity contribution in [2.45, 2.75) is 129 Å². The summed E-state index contributed by atoms with van der Waals surface area (Å²) in [4.78, 5) is 37.3. The third kappa shape index (κ3) is 37.0. The van der Waals surface area contributed by atoms with Crippen molar-refractivity contribution in [1.82, 2.24) is 0 Å². The van der Waals surface area contributed by atoms with Crippen LogP contribution in [0.4, 0.5) is 0 Å². The number of hydrogen-bond acceptors (Lipinski definition) is 8. The number of phosphoric acid groups is 1. The van der Waals surface area contributed by atoms with Crippen LogP contribution >= 0.6 is 7.82 Å². The first-order valence-electron chi connectivity index (χ1n) is 19.2.